The average molecular weight is 217 g/mol. The molecule has 0 aromatic heterocycles. The predicted molar refractivity (Wildman–Crippen MR) is 70.0 cm³/mol. The van der Waals surface area contributed by atoms with Gasteiger partial charge in [-0.2, -0.15) is 0 Å². The molecule has 2 rings (SSSR count). The van der Waals surface area contributed by atoms with Gasteiger partial charge in [-0.3, -0.25) is 4.79 Å². The summed E-state index contributed by atoms with van der Waals surface area (Å²) >= 11 is 0. The molecule has 1 N–H and O–H groups in total. The lowest BCUT2D eigenvalue weighted by Gasteiger charge is -1.85. The molecule has 16 heavy (non-hydrogen) atoms. The van der Waals surface area contributed by atoms with E-state index in [1.54, 1.807) is 0 Å². The SMILES string of the molecule is C=C.C=Cc1ccccc1.O=C1CCCN1. The van der Waals surface area contributed by atoms with E-state index in [9.17, 15) is 4.79 Å². The molecular weight excluding hydrogens is 198 g/mol. The zero-order valence-corrected chi connectivity index (χ0v) is 9.61. The fourth-order valence-electron chi connectivity index (χ4n) is 1.15. The summed E-state index contributed by atoms with van der Waals surface area (Å²) in [5.41, 5.74) is 1.17. The van der Waals surface area contributed by atoms with Crippen LogP contribution in [-0.2, 0) is 4.79 Å². The highest BCUT2D eigenvalue weighted by molar-refractivity contribution is 5.77. The normalized spacial score (nSPS) is 12.4. The van der Waals surface area contributed by atoms with Crippen molar-refractivity contribution in [2.24, 2.45) is 0 Å². The maximum atomic E-state index is 10.1. The minimum atomic E-state index is 0.204. The quantitative estimate of drug-likeness (QED) is 0.720. The number of nitrogens with one attached hydrogen (secondary N) is 1. The van der Waals surface area contributed by atoms with Gasteiger partial charge >= 0.3 is 0 Å². The molecule has 1 fully saturated rings. The van der Waals surface area contributed by atoms with Crippen molar-refractivity contribution in [3.8, 4) is 0 Å². The second-order valence-corrected chi connectivity index (χ2v) is 3.07. The predicted octanol–water partition coefficient (Wildman–Crippen LogP) is 3.03. The molecule has 1 heterocycles. The van der Waals surface area contributed by atoms with Crippen molar-refractivity contribution >= 4 is 12.0 Å². The van der Waals surface area contributed by atoms with Crippen LogP contribution in [0.15, 0.2) is 50.1 Å². The van der Waals surface area contributed by atoms with Gasteiger partial charge in [0.05, 0.1) is 0 Å². The Morgan fingerprint density at radius 1 is 1.19 bits per heavy atom. The Morgan fingerprint density at radius 3 is 2.06 bits per heavy atom. The average Bonchev–Trinajstić information content (AvgIpc) is 2.85. The topological polar surface area (TPSA) is 29.1 Å². The van der Waals surface area contributed by atoms with E-state index in [2.05, 4.69) is 25.1 Å². The smallest absolute Gasteiger partial charge is 0.220 e. The van der Waals surface area contributed by atoms with Crippen LogP contribution in [0.25, 0.3) is 6.08 Å². The molecule has 0 unspecified atom stereocenters. The first-order chi connectivity index (χ1) is 7.83. The molecule has 1 saturated heterocycles. The first kappa shape index (κ1) is 14.2. The van der Waals surface area contributed by atoms with E-state index in [4.69, 9.17) is 0 Å². The molecule has 1 aromatic rings. The van der Waals surface area contributed by atoms with Gasteiger partial charge < -0.3 is 5.32 Å². The van der Waals surface area contributed by atoms with Crippen LogP contribution in [-0.4, -0.2) is 12.5 Å². The molecule has 0 atom stereocenters. The summed E-state index contributed by atoms with van der Waals surface area (Å²) in [6.45, 7) is 10.5. The lowest BCUT2D eigenvalue weighted by molar-refractivity contribution is -0.119. The highest BCUT2D eigenvalue weighted by Crippen LogP contribution is 1.97. The van der Waals surface area contributed by atoms with Crippen LogP contribution in [0.3, 0.4) is 0 Å². The molecule has 86 valence electrons. The van der Waals surface area contributed by atoms with Crippen LogP contribution in [0, 0.1) is 0 Å². The largest absolute Gasteiger partial charge is 0.356 e. The summed E-state index contributed by atoms with van der Waals surface area (Å²) in [5, 5.41) is 2.68. The minimum absolute atomic E-state index is 0.204. The van der Waals surface area contributed by atoms with E-state index in [1.165, 1.54) is 5.56 Å². The Morgan fingerprint density at radius 2 is 1.81 bits per heavy atom. The highest BCUT2D eigenvalue weighted by Gasteiger charge is 2.05. The van der Waals surface area contributed by atoms with E-state index < -0.39 is 0 Å². The summed E-state index contributed by atoms with van der Waals surface area (Å²) in [6, 6.07) is 10.0. The van der Waals surface area contributed by atoms with Gasteiger partial charge in [-0.25, -0.2) is 0 Å². The van der Waals surface area contributed by atoms with Gasteiger partial charge in [0.1, 0.15) is 0 Å². The first-order valence-corrected chi connectivity index (χ1v) is 5.27. The highest BCUT2D eigenvalue weighted by atomic mass is 16.1. The van der Waals surface area contributed by atoms with E-state index >= 15 is 0 Å². The summed E-state index contributed by atoms with van der Waals surface area (Å²) in [7, 11) is 0. The summed E-state index contributed by atoms with van der Waals surface area (Å²) in [5.74, 6) is 0.204. The molecule has 0 aliphatic carbocycles. The van der Waals surface area contributed by atoms with Crippen LogP contribution in [0.1, 0.15) is 18.4 Å². The van der Waals surface area contributed by atoms with Crippen LogP contribution in [0.4, 0.5) is 0 Å². The van der Waals surface area contributed by atoms with Gasteiger partial charge in [0.25, 0.3) is 0 Å². The molecule has 1 amide bonds. The lowest BCUT2D eigenvalue weighted by atomic mass is 10.2. The second-order valence-electron chi connectivity index (χ2n) is 3.07. The van der Waals surface area contributed by atoms with E-state index in [-0.39, 0.29) is 5.91 Å². The van der Waals surface area contributed by atoms with Crippen molar-refractivity contribution in [2.75, 3.05) is 6.54 Å². The molecule has 0 saturated carbocycles. The number of benzene rings is 1. The third kappa shape index (κ3) is 6.60. The number of hydrogen-bond donors (Lipinski definition) is 1. The molecule has 2 nitrogen and oxygen atoms in total. The molecule has 1 aliphatic rings. The fourth-order valence-corrected chi connectivity index (χ4v) is 1.15. The number of rotatable bonds is 1. The van der Waals surface area contributed by atoms with Gasteiger partial charge in [0, 0.05) is 13.0 Å². The van der Waals surface area contributed by atoms with E-state index in [1.807, 2.05) is 36.4 Å². The summed E-state index contributed by atoms with van der Waals surface area (Å²) in [4.78, 5) is 10.1. The van der Waals surface area contributed by atoms with Crippen molar-refractivity contribution in [2.45, 2.75) is 12.8 Å². The summed E-state index contributed by atoms with van der Waals surface area (Å²) in [6.07, 6.45) is 3.60. The Labute approximate surface area is 97.7 Å². The Bertz CT molecular complexity index is 298. The van der Waals surface area contributed by atoms with Crippen LogP contribution >= 0.6 is 0 Å². The molecule has 0 bridgehead atoms. The zero-order valence-electron chi connectivity index (χ0n) is 9.61. The van der Waals surface area contributed by atoms with Gasteiger partial charge in [-0.1, -0.05) is 43.0 Å². The van der Waals surface area contributed by atoms with Gasteiger partial charge in [0.15, 0.2) is 0 Å². The molecule has 0 radical (unpaired) electrons. The molecule has 1 aliphatic heterocycles. The molecule has 0 spiro atoms. The fraction of sp³-hybridized carbons (Fsp3) is 0.214. The Kier molecular flexibility index (Phi) is 8.60. The Balaban J connectivity index is 0.000000251. The van der Waals surface area contributed by atoms with Crippen LogP contribution in [0.2, 0.25) is 0 Å². The number of amides is 1. The molecular formula is C14H19NO. The number of hydrogen-bond acceptors (Lipinski definition) is 1. The minimum Gasteiger partial charge on any atom is -0.356 e. The maximum Gasteiger partial charge on any atom is 0.220 e. The van der Waals surface area contributed by atoms with E-state index in [0.717, 1.165) is 19.4 Å². The zero-order chi connectivity index (χ0) is 12.2. The van der Waals surface area contributed by atoms with Gasteiger partial charge in [-0.15, -0.1) is 13.2 Å². The molecule has 1 aromatic carbocycles. The maximum absolute atomic E-state index is 10.1. The van der Waals surface area contributed by atoms with Crippen molar-refractivity contribution in [3.05, 3.63) is 55.6 Å². The van der Waals surface area contributed by atoms with Gasteiger partial charge in [0.2, 0.25) is 5.91 Å². The lowest BCUT2D eigenvalue weighted by Crippen LogP contribution is -2.12. The van der Waals surface area contributed by atoms with Crippen molar-refractivity contribution in [1.29, 1.82) is 0 Å². The first-order valence-electron chi connectivity index (χ1n) is 5.27. The van der Waals surface area contributed by atoms with Crippen molar-refractivity contribution in [1.82, 2.24) is 5.32 Å². The number of carbonyl (C=O) groups is 1. The Hall–Kier alpha value is -1.83. The van der Waals surface area contributed by atoms with E-state index in [0.29, 0.717) is 0 Å². The second kappa shape index (κ2) is 9.71. The van der Waals surface area contributed by atoms with Crippen molar-refractivity contribution < 1.29 is 4.79 Å². The molecule has 2 heteroatoms. The standard InChI is InChI=1S/C8H8.C4H7NO.C2H4/c1-2-8-6-4-3-5-7-8;6-4-2-1-3-5-4;1-2/h2-7H,1H2;1-3H2,(H,5,6);1-2H2. The number of carbonyl (C=O) groups excluding carboxylic acids is 1. The van der Waals surface area contributed by atoms with Gasteiger partial charge in [-0.05, 0) is 12.0 Å². The van der Waals surface area contributed by atoms with Crippen molar-refractivity contribution in [3.63, 3.8) is 0 Å². The van der Waals surface area contributed by atoms with Crippen LogP contribution in [0.5, 0.6) is 0 Å². The monoisotopic (exact) mass is 217 g/mol. The third-order valence-electron chi connectivity index (χ3n) is 1.94. The third-order valence-corrected chi connectivity index (χ3v) is 1.94. The van der Waals surface area contributed by atoms with Crippen LogP contribution < -0.4 is 5.32 Å². The summed E-state index contributed by atoms with van der Waals surface area (Å²) < 4.78 is 0.